The van der Waals surface area contributed by atoms with Crippen molar-refractivity contribution in [1.29, 1.82) is 0 Å². The van der Waals surface area contributed by atoms with Gasteiger partial charge in [0.15, 0.2) is 0 Å². The Hall–Kier alpha value is -2.25. The molecular weight excluding hydrogens is 413 g/mol. The maximum Gasteiger partial charge on any atom is 0.238 e. The molecule has 1 unspecified atom stereocenters. The van der Waals surface area contributed by atoms with Crippen molar-refractivity contribution in [3.63, 3.8) is 0 Å². The first-order chi connectivity index (χ1) is 14.0. The lowest BCUT2D eigenvalue weighted by Crippen LogP contribution is -2.39. The normalized spacial score (nSPS) is 19.4. The number of benzene rings is 2. The molecule has 2 amide bonds. The van der Waals surface area contributed by atoms with Crippen LogP contribution in [0.2, 0.25) is 5.02 Å². The molecule has 2 heterocycles. The Balaban J connectivity index is 1.37. The second-order valence-corrected chi connectivity index (χ2v) is 8.82. The number of halogens is 2. The predicted octanol–water partition coefficient (Wildman–Crippen LogP) is 4.02. The number of rotatable bonds is 3. The van der Waals surface area contributed by atoms with E-state index in [1.165, 1.54) is 23.9 Å². The highest BCUT2D eigenvalue weighted by Crippen LogP contribution is 2.38. The van der Waals surface area contributed by atoms with Crippen molar-refractivity contribution in [2.45, 2.75) is 23.0 Å². The van der Waals surface area contributed by atoms with Gasteiger partial charge in [-0.05, 0) is 48.9 Å². The Morgan fingerprint density at radius 3 is 2.72 bits per heavy atom. The molecule has 2 aromatic rings. The summed E-state index contributed by atoms with van der Waals surface area (Å²) in [5.74, 6) is -0.440. The first-order valence-corrected chi connectivity index (χ1v) is 10.8. The van der Waals surface area contributed by atoms with Crippen LogP contribution in [0.4, 0.5) is 15.8 Å². The van der Waals surface area contributed by atoms with Crippen LogP contribution in [-0.4, -0.2) is 48.1 Å². The molecule has 0 radical (unpaired) electrons. The smallest absolute Gasteiger partial charge is 0.238 e. The van der Waals surface area contributed by atoms with Gasteiger partial charge in [-0.2, -0.15) is 0 Å². The van der Waals surface area contributed by atoms with Crippen molar-refractivity contribution in [3.05, 3.63) is 53.3 Å². The zero-order valence-corrected chi connectivity index (χ0v) is 17.3. The van der Waals surface area contributed by atoms with Crippen LogP contribution in [0.25, 0.3) is 0 Å². The van der Waals surface area contributed by atoms with Gasteiger partial charge in [0.1, 0.15) is 5.82 Å². The zero-order valence-electron chi connectivity index (χ0n) is 15.7. The van der Waals surface area contributed by atoms with E-state index in [1.807, 2.05) is 11.0 Å². The van der Waals surface area contributed by atoms with Gasteiger partial charge in [0.05, 0.1) is 10.9 Å². The van der Waals surface area contributed by atoms with Crippen LogP contribution in [0, 0.1) is 5.82 Å². The lowest BCUT2D eigenvalue weighted by molar-refractivity contribution is -0.132. The minimum absolute atomic E-state index is 0.0176. The number of nitrogens with zero attached hydrogens (tertiary/aromatic N) is 2. The third-order valence-electron chi connectivity index (χ3n) is 5.16. The standard InChI is InChI=1S/C21H21ClFN3O2S/c22-14-2-7-18-17(12-14)24-21(28)19(29-18)13-20(27)26-9-1-8-25(10-11-26)16-5-3-15(23)4-6-16/h2-7,12,19H,1,8-11,13H2,(H,24,28). The average Bonchev–Trinajstić information content (AvgIpc) is 2.96. The summed E-state index contributed by atoms with van der Waals surface area (Å²) in [5, 5.41) is 2.96. The van der Waals surface area contributed by atoms with Gasteiger partial charge < -0.3 is 15.1 Å². The van der Waals surface area contributed by atoms with E-state index in [-0.39, 0.29) is 24.1 Å². The van der Waals surface area contributed by atoms with E-state index in [9.17, 15) is 14.0 Å². The number of carbonyl (C=O) groups excluding carboxylic acids is 2. The van der Waals surface area contributed by atoms with E-state index in [4.69, 9.17) is 11.6 Å². The Morgan fingerprint density at radius 2 is 1.93 bits per heavy atom. The number of amides is 2. The second kappa shape index (κ2) is 8.63. The van der Waals surface area contributed by atoms with Gasteiger partial charge >= 0.3 is 0 Å². The largest absolute Gasteiger partial charge is 0.370 e. The summed E-state index contributed by atoms with van der Waals surface area (Å²) in [6, 6.07) is 11.8. The van der Waals surface area contributed by atoms with Crippen LogP contribution in [0.3, 0.4) is 0 Å². The van der Waals surface area contributed by atoms with Crippen molar-refractivity contribution in [2.24, 2.45) is 0 Å². The van der Waals surface area contributed by atoms with Gasteiger partial charge in [-0.3, -0.25) is 9.59 Å². The lowest BCUT2D eigenvalue weighted by Gasteiger charge is -2.27. The molecule has 8 heteroatoms. The quantitative estimate of drug-likeness (QED) is 0.794. The van der Waals surface area contributed by atoms with E-state index in [0.717, 1.165) is 23.5 Å². The number of thioether (sulfide) groups is 1. The SMILES string of the molecule is O=C1Nc2cc(Cl)ccc2SC1CC(=O)N1CCCN(c2ccc(F)cc2)CC1. The molecule has 2 aliphatic rings. The first-order valence-electron chi connectivity index (χ1n) is 9.55. The molecule has 0 spiro atoms. The molecule has 0 bridgehead atoms. The molecule has 5 nitrogen and oxygen atoms in total. The van der Waals surface area contributed by atoms with Gasteiger partial charge in [-0.1, -0.05) is 11.6 Å². The summed E-state index contributed by atoms with van der Waals surface area (Å²) in [4.78, 5) is 30.2. The Morgan fingerprint density at radius 1 is 1.14 bits per heavy atom. The molecule has 0 aliphatic carbocycles. The summed E-state index contributed by atoms with van der Waals surface area (Å²) in [7, 11) is 0. The van der Waals surface area contributed by atoms with Crippen LogP contribution in [0.5, 0.6) is 0 Å². The minimum Gasteiger partial charge on any atom is -0.370 e. The van der Waals surface area contributed by atoms with Crippen LogP contribution in [0.1, 0.15) is 12.8 Å². The molecule has 0 saturated carbocycles. The summed E-state index contributed by atoms with van der Waals surface area (Å²) < 4.78 is 13.2. The van der Waals surface area contributed by atoms with Crippen molar-refractivity contribution in [3.8, 4) is 0 Å². The Labute approximate surface area is 178 Å². The molecule has 29 heavy (non-hydrogen) atoms. The minimum atomic E-state index is -0.451. The maximum atomic E-state index is 13.2. The summed E-state index contributed by atoms with van der Waals surface area (Å²) in [6.45, 7) is 2.73. The number of nitrogens with one attached hydrogen (secondary N) is 1. The highest BCUT2D eigenvalue weighted by molar-refractivity contribution is 8.01. The fraction of sp³-hybridized carbons (Fsp3) is 0.333. The molecule has 1 fully saturated rings. The summed E-state index contributed by atoms with van der Waals surface area (Å²) >= 11 is 7.39. The predicted molar refractivity (Wildman–Crippen MR) is 114 cm³/mol. The van der Waals surface area contributed by atoms with Crippen LogP contribution < -0.4 is 10.2 Å². The molecule has 4 rings (SSSR count). The van der Waals surface area contributed by atoms with E-state index < -0.39 is 5.25 Å². The summed E-state index contributed by atoms with van der Waals surface area (Å²) in [6.07, 6.45) is 0.990. The highest BCUT2D eigenvalue weighted by atomic mass is 35.5. The number of anilines is 2. The molecule has 1 atom stereocenters. The molecule has 2 aromatic carbocycles. The molecule has 152 valence electrons. The van der Waals surface area contributed by atoms with Gasteiger partial charge in [-0.25, -0.2) is 4.39 Å². The van der Waals surface area contributed by atoms with Crippen LogP contribution >= 0.6 is 23.4 Å². The molecule has 2 aliphatic heterocycles. The van der Waals surface area contributed by atoms with Crippen molar-refractivity contribution >= 4 is 46.6 Å². The summed E-state index contributed by atoms with van der Waals surface area (Å²) in [5.41, 5.74) is 1.65. The van der Waals surface area contributed by atoms with Gasteiger partial charge in [0, 0.05) is 48.2 Å². The fourth-order valence-electron chi connectivity index (χ4n) is 3.62. The Kier molecular flexibility index (Phi) is 5.96. The first kappa shape index (κ1) is 20.0. The second-order valence-electron chi connectivity index (χ2n) is 7.14. The lowest BCUT2D eigenvalue weighted by atomic mass is 10.2. The van der Waals surface area contributed by atoms with Gasteiger partial charge in [-0.15, -0.1) is 11.8 Å². The topological polar surface area (TPSA) is 52.7 Å². The van der Waals surface area contributed by atoms with E-state index in [0.29, 0.717) is 30.3 Å². The number of hydrogen-bond donors (Lipinski definition) is 1. The maximum absolute atomic E-state index is 13.2. The third kappa shape index (κ3) is 4.67. The zero-order chi connectivity index (χ0) is 20.4. The van der Waals surface area contributed by atoms with E-state index in [1.54, 1.807) is 24.3 Å². The fourth-order valence-corrected chi connectivity index (χ4v) is 4.88. The number of fused-ring (bicyclic) bond motifs is 1. The van der Waals surface area contributed by atoms with E-state index in [2.05, 4.69) is 10.2 Å². The van der Waals surface area contributed by atoms with Crippen molar-refractivity contribution in [2.75, 3.05) is 36.4 Å². The Bertz CT molecular complexity index is 925. The number of carbonyl (C=O) groups is 2. The molecular formula is C21H21ClFN3O2S. The average molecular weight is 434 g/mol. The van der Waals surface area contributed by atoms with Gasteiger partial charge in [0.2, 0.25) is 11.8 Å². The molecule has 0 aromatic heterocycles. The van der Waals surface area contributed by atoms with Crippen molar-refractivity contribution in [1.82, 2.24) is 4.90 Å². The highest BCUT2D eigenvalue weighted by Gasteiger charge is 2.31. The molecule has 1 saturated heterocycles. The van der Waals surface area contributed by atoms with Crippen LogP contribution in [-0.2, 0) is 9.59 Å². The van der Waals surface area contributed by atoms with Crippen LogP contribution in [0.15, 0.2) is 47.4 Å². The number of hydrogen-bond acceptors (Lipinski definition) is 4. The van der Waals surface area contributed by atoms with Crippen molar-refractivity contribution < 1.29 is 14.0 Å². The monoisotopic (exact) mass is 433 g/mol. The molecule has 1 N–H and O–H groups in total. The van der Waals surface area contributed by atoms with E-state index >= 15 is 0 Å². The third-order valence-corrected chi connectivity index (χ3v) is 6.67. The van der Waals surface area contributed by atoms with Gasteiger partial charge in [0.25, 0.3) is 0 Å².